The first-order valence-electron chi connectivity index (χ1n) is 6.76. The molecule has 8 heteroatoms. The van der Waals surface area contributed by atoms with Crippen molar-refractivity contribution >= 4 is 27.3 Å². The Morgan fingerprint density at radius 2 is 2.00 bits per heavy atom. The molecule has 0 aliphatic carbocycles. The third-order valence-corrected chi connectivity index (χ3v) is 3.79. The summed E-state index contributed by atoms with van der Waals surface area (Å²) < 4.78 is 0.644. The molecule has 1 aromatic heterocycles. The normalized spacial score (nSPS) is 11.9. The molecule has 0 saturated heterocycles. The number of hydrogen-bond donors (Lipinski definition) is 2. The SMILES string of the molecule is O=[N+]([O-])c1cc(Br)ccc1N[C@@H](c1ccccc1)c1ncn[nH]1. The van der Waals surface area contributed by atoms with Gasteiger partial charge in [0.2, 0.25) is 0 Å². The van der Waals surface area contributed by atoms with Crippen LogP contribution in [0.1, 0.15) is 17.4 Å². The quantitative estimate of drug-likeness (QED) is 0.525. The van der Waals surface area contributed by atoms with Gasteiger partial charge in [-0.05, 0) is 17.7 Å². The second-order valence-corrected chi connectivity index (χ2v) is 5.69. The molecule has 1 atom stereocenters. The lowest BCUT2D eigenvalue weighted by atomic mass is 10.1. The van der Waals surface area contributed by atoms with Gasteiger partial charge in [0.05, 0.1) is 4.92 Å². The second-order valence-electron chi connectivity index (χ2n) is 4.78. The summed E-state index contributed by atoms with van der Waals surface area (Å²) >= 11 is 3.25. The monoisotopic (exact) mass is 373 g/mol. The van der Waals surface area contributed by atoms with Crippen molar-refractivity contribution in [3.63, 3.8) is 0 Å². The highest BCUT2D eigenvalue weighted by atomic mass is 79.9. The number of hydrogen-bond acceptors (Lipinski definition) is 5. The smallest absolute Gasteiger partial charge is 0.293 e. The summed E-state index contributed by atoms with van der Waals surface area (Å²) in [7, 11) is 0. The largest absolute Gasteiger partial charge is 0.366 e. The Hall–Kier alpha value is -2.74. The summed E-state index contributed by atoms with van der Waals surface area (Å²) in [6.07, 6.45) is 1.41. The van der Waals surface area contributed by atoms with Crippen LogP contribution in [0.2, 0.25) is 0 Å². The fraction of sp³-hybridized carbons (Fsp3) is 0.0667. The molecule has 0 fully saturated rings. The fourth-order valence-corrected chi connectivity index (χ4v) is 2.59. The third-order valence-electron chi connectivity index (χ3n) is 3.30. The summed E-state index contributed by atoms with van der Waals surface area (Å²) in [5, 5.41) is 21.1. The minimum Gasteiger partial charge on any atom is -0.366 e. The number of nitrogens with one attached hydrogen (secondary N) is 2. The number of benzene rings is 2. The van der Waals surface area contributed by atoms with Crippen molar-refractivity contribution < 1.29 is 4.92 Å². The maximum absolute atomic E-state index is 11.3. The van der Waals surface area contributed by atoms with E-state index >= 15 is 0 Å². The van der Waals surface area contributed by atoms with Crippen molar-refractivity contribution in [2.45, 2.75) is 6.04 Å². The van der Waals surface area contributed by atoms with Crippen LogP contribution in [0.4, 0.5) is 11.4 Å². The molecule has 3 aromatic rings. The molecule has 0 aliphatic rings. The first-order chi connectivity index (χ1) is 11.1. The average molecular weight is 374 g/mol. The van der Waals surface area contributed by atoms with E-state index < -0.39 is 4.92 Å². The molecule has 0 amide bonds. The summed E-state index contributed by atoms with van der Waals surface area (Å²) in [4.78, 5) is 15.0. The Morgan fingerprint density at radius 1 is 1.22 bits per heavy atom. The van der Waals surface area contributed by atoms with E-state index in [0.29, 0.717) is 16.0 Å². The van der Waals surface area contributed by atoms with Crippen LogP contribution in [-0.4, -0.2) is 20.1 Å². The number of aromatic nitrogens is 3. The number of H-pyrrole nitrogens is 1. The Kier molecular flexibility index (Phi) is 4.33. The highest BCUT2D eigenvalue weighted by molar-refractivity contribution is 9.10. The zero-order chi connectivity index (χ0) is 16.2. The molecule has 7 nitrogen and oxygen atoms in total. The van der Waals surface area contributed by atoms with Crippen LogP contribution >= 0.6 is 15.9 Å². The molecule has 23 heavy (non-hydrogen) atoms. The Labute approximate surface area is 140 Å². The van der Waals surface area contributed by atoms with Crippen LogP contribution in [0.5, 0.6) is 0 Å². The zero-order valence-corrected chi connectivity index (χ0v) is 13.4. The first-order valence-corrected chi connectivity index (χ1v) is 7.55. The Balaban J connectivity index is 2.02. The van der Waals surface area contributed by atoms with E-state index in [0.717, 1.165) is 5.56 Å². The highest BCUT2D eigenvalue weighted by Crippen LogP contribution is 2.32. The Morgan fingerprint density at radius 3 is 2.65 bits per heavy atom. The molecule has 2 N–H and O–H groups in total. The van der Waals surface area contributed by atoms with Crippen LogP contribution in [0.25, 0.3) is 0 Å². The molecule has 0 aliphatic heterocycles. The van der Waals surface area contributed by atoms with E-state index in [-0.39, 0.29) is 11.7 Å². The van der Waals surface area contributed by atoms with E-state index in [2.05, 4.69) is 36.4 Å². The van der Waals surface area contributed by atoms with Crippen molar-refractivity contribution in [1.82, 2.24) is 15.2 Å². The predicted octanol–water partition coefficient (Wildman–Crippen LogP) is 3.68. The number of halogens is 1. The van der Waals surface area contributed by atoms with Gasteiger partial charge in [-0.15, -0.1) is 0 Å². The van der Waals surface area contributed by atoms with Crippen molar-refractivity contribution in [2.24, 2.45) is 0 Å². The summed E-state index contributed by atoms with van der Waals surface area (Å²) in [6.45, 7) is 0. The second kappa shape index (κ2) is 6.57. The molecule has 0 radical (unpaired) electrons. The van der Waals surface area contributed by atoms with Crippen molar-refractivity contribution in [1.29, 1.82) is 0 Å². The van der Waals surface area contributed by atoms with E-state index in [9.17, 15) is 10.1 Å². The topological polar surface area (TPSA) is 96.7 Å². The first kappa shape index (κ1) is 15.2. The predicted molar refractivity (Wildman–Crippen MR) is 89.1 cm³/mol. The van der Waals surface area contributed by atoms with Crippen molar-refractivity contribution in [3.05, 3.63) is 80.8 Å². The third kappa shape index (κ3) is 3.37. The molecule has 0 spiro atoms. The number of nitrogens with zero attached hydrogens (tertiary/aromatic N) is 3. The van der Waals surface area contributed by atoms with Gasteiger partial charge in [0.25, 0.3) is 5.69 Å². The average Bonchev–Trinajstić information content (AvgIpc) is 3.08. The van der Waals surface area contributed by atoms with Crippen LogP contribution in [0, 0.1) is 10.1 Å². The number of aromatic amines is 1. The Bertz CT molecular complexity index is 808. The van der Waals surface area contributed by atoms with Crippen LogP contribution in [0.15, 0.2) is 59.3 Å². The lowest BCUT2D eigenvalue weighted by molar-refractivity contribution is -0.384. The van der Waals surface area contributed by atoms with Gasteiger partial charge in [0.15, 0.2) is 5.82 Å². The fourth-order valence-electron chi connectivity index (χ4n) is 2.24. The lowest BCUT2D eigenvalue weighted by Gasteiger charge is -2.18. The molecule has 0 bridgehead atoms. The summed E-state index contributed by atoms with van der Waals surface area (Å²) in [5.41, 5.74) is 1.31. The standard InChI is InChI=1S/C15H12BrN5O2/c16-11-6-7-12(13(8-11)21(22)23)19-14(15-17-9-18-20-15)10-4-2-1-3-5-10/h1-9,14,19H,(H,17,18,20)/t14-/m0/s1. The minimum atomic E-state index is -0.421. The number of rotatable bonds is 5. The van der Waals surface area contributed by atoms with Gasteiger partial charge in [0.1, 0.15) is 18.1 Å². The van der Waals surface area contributed by atoms with Gasteiger partial charge in [-0.3, -0.25) is 15.2 Å². The molecule has 0 saturated carbocycles. The zero-order valence-electron chi connectivity index (χ0n) is 11.8. The maximum Gasteiger partial charge on any atom is 0.293 e. The van der Waals surface area contributed by atoms with Gasteiger partial charge in [-0.25, -0.2) is 4.98 Å². The van der Waals surface area contributed by atoms with E-state index in [1.807, 2.05) is 30.3 Å². The molecular weight excluding hydrogens is 362 g/mol. The molecule has 0 unspecified atom stereocenters. The lowest BCUT2D eigenvalue weighted by Crippen LogP contribution is -2.15. The molecular formula is C15H12BrN5O2. The molecule has 3 rings (SSSR count). The highest BCUT2D eigenvalue weighted by Gasteiger charge is 2.21. The van der Waals surface area contributed by atoms with Crippen LogP contribution < -0.4 is 5.32 Å². The summed E-state index contributed by atoms with van der Waals surface area (Å²) in [6, 6.07) is 14.0. The number of nitro benzene ring substituents is 1. The van der Waals surface area contributed by atoms with Crippen LogP contribution in [0.3, 0.4) is 0 Å². The van der Waals surface area contributed by atoms with E-state index in [4.69, 9.17) is 0 Å². The van der Waals surface area contributed by atoms with Gasteiger partial charge < -0.3 is 5.32 Å². The van der Waals surface area contributed by atoms with Gasteiger partial charge in [-0.1, -0.05) is 46.3 Å². The molecule has 1 heterocycles. The minimum absolute atomic E-state index is 0.0141. The molecule has 2 aromatic carbocycles. The van der Waals surface area contributed by atoms with Gasteiger partial charge in [-0.2, -0.15) is 5.10 Å². The maximum atomic E-state index is 11.3. The van der Waals surface area contributed by atoms with E-state index in [1.54, 1.807) is 12.1 Å². The van der Waals surface area contributed by atoms with Crippen LogP contribution in [-0.2, 0) is 0 Å². The van der Waals surface area contributed by atoms with Gasteiger partial charge >= 0.3 is 0 Å². The van der Waals surface area contributed by atoms with Crippen molar-refractivity contribution in [3.8, 4) is 0 Å². The van der Waals surface area contributed by atoms with Crippen molar-refractivity contribution in [2.75, 3.05) is 5.32 Å². The number of nitro groups is 1. The summed E-state index contributed by atoms with van der Waals surface area (Å²) in [5.74, 6) is 0.577. The van der Waals surface area contributed by atoms with Gasteiger partial charge in [0, 0.05) is 10.5 Å². The molecule has 116 valence electrons. The van der Waals surface area contributed by atoms with E-state index in [1.165, 1.54) is 12.4 Å². The number of anilines is 1.